The average Bonchev–Trinajstić information content (AvgIpc) is 2.05. The molecule has 12 heavy (non-hydrogen) atoms. The fourth-order valence-corrected chi connectivity index (χ4v) is 2.38. The minimum atomic E-state index is 0.472. The first-order chi connectivity index (χ1) is 5.69. The molecule has 1 rings (SSSR count). The van der Waals surface area contributed by atoms with Crippen molar-refractivity contribution in [3.63, 3.8) is 0 Å². The lowest BCUT2D eigenvalue weighted by molar-refractivity contribution is 1.06. The molecule has 0 atom stereocenters. The lowest BCUT2D eigenvalue weighted by Crippen LogP contribution is -1.99. The van der Waals surface area contributed by atoms with E-state index in [2.05, 4.69) is 44.6 Å². The molecule has 2 nitrogen and oxygen atoms in total. The fourth-order valence-electron chi connectivity index (χ4n) is 0.836. The number of nitriles is 1. The molecular formula is C8H6BrIN2. The molecule has 0 heterocycles. The first-order valence-electron chi connectivity index (χ1n) is 3.27. The molecule has 0 radical (unpaired) electrons. The second kappa shape index (κ2) is 4.21. The van der Waals surface area contributed by atoms with E-state index in [4.69, 9.17) is 11.0 Å². The van der Waals surface area contributed by atoms with E-state index in [0.29, 0.717) is 12.1 Å². The summed E-state index contributed by atoms with van der Waals surface area (Å²) in [5.41, 5.74) is 7.14. The van der Waals surface area contributed by atoms with E-state index in [1.807, 2.05) is 12.1 Å². The van der Waals surface area contributed by atoms with Crippen molar-refractivity contribution in [2.75, 3.05) is 0 Å². The summed E-state index contributed by atoms with van der Waals surface area (Å²) in [7, 11) is 0. The van der Waals surface area contributed by atoms with Crippen molar-refractivity contribution in [2.45, 2.75) is 6.54 Å². The summed E-state index contributed by atoms with van der Waals surface area (Å²) in [6.07, 6.45) is 0. The highest BCUT2D eigenvalue weighted by molar-refractivity contribution is 14.1. The van der Waals surface area contributed by atoms with Crippen LogP contribution in [0.1, 0.15) is 11.1 Å². The van der Waals surface area contributed by atoms with E-state index in [9.17, 15) is 0 Å². The standard InChI is InChI=1S/C8H6BrIN2/c9-7-2-8(10)6(4-12)1-5(7)3-11/h1-2H,4,12H2. The third-order valence-electron chi connectivity index (χ3n) is 1.48. The van der Waals surface area contributed by atoms with Crippen molar-refractivity contribution < 1.29 is 0 Å². The highest BCUT2D eigenvalue weighted by Crippen LogP contribution is 2.22. The zero-order chi connectivity index (χ0) is 9.14. The minimum Gasteiger partial charge on any atom is -0.326 e. The van der Waals surface area contributed by atoms with Crippen LogP contribution in [-0.4, -0.2) is 0 Å². The lowest BCUT2D eigenvalue weighted by Gasteiger charge is -2.02. The third-order valence-corrected chi connectivity index (χ3v) is 3.14. The van der Waals surface area contributed by atoms with Crippen molar-refractivity contribution in [2.24, 2.45) is 5.73 Å². The van der Waals surface area contributed by atoms with E-state index in [-0.39, 0.29) is 0 Å². The Morgan fingerprint density at radius 2 is 2.25 bits per heavy atom. The Hall–Kier alpha value is -0.120. The van der Waals surface area contributed by atoms with Gasteiger partial charge >= 0.3 is 0 Å². The predicted octanol–water partition coefficient (Wildman–Crippen LogP) is 2.38. The van der Waals surface area contributed by atoms with Gasteiger partial charge in [-0.1, -0.05) is 0 Å². The molecule has 0 spiro atoms. The first-order valence-corrected chi connectivity index (χ1v) is 5.14. The van der Waals surface area contributed by atoms with Gasteiger partial charge in [-0.3, -0.25) is 0 Å². The summed E-state index contributed by atoms with van der Waals surface area (Å²) in [6.45, 7) is 0.472. The molecule has 1 aromatic carbocycles. The van der Waals surface area contributed by atoms with Gasteiger partial charge in [-0.2, -0.15) is 5.26 Å². The largest absolute Gasteiger partial charge is 0.326 e. The van der Waals surface area contributed by atoms with E-state index in [0.717, 1.165) is 13.6 Å². The second-order valence-corrected chi connectivity index (χ2v) is 4.26. The zero-order valence-corrected chi connectivity index (χ0v) is 9.89. The molecule has 62 valence electrons. The number of nitrogens with zero attached hydrogens (tertiary/aromatic N) is 1. The molecule has 0 aliphatic heterocycles. The molecule has 0 amide bonds. The average molecular weight is 337 g/mol. The van der Waals surface area contributed by atoms with Gasteiger partial charge in [-0.25, -0.2) is 0 Å². The fraction of sp³-hybridized carbons (Fsp3) is 0.125. The Morgan fingerprint density at radius 1 is 1.58 bits per heavy atom. The highest BCUT2D eigenvalue weighted by Gasteiger charge is 2.04. The maximum Gasteiger partial charge on any atom is 0.100 e. The van der Waals surface area contributed by atoms with Crippen LogP contribution in [0.2, 0.25) is 0 Å². The van der Waals surface area contributed by atoms with Gasteiger partial charge in [0.15, 0.2) is 0 Å². The van der Waals surface area contributed by atoms with Crippen molar-refractivity contribution in [1.29, 1.82) is 5.26 Å². The Morgan fingerprint density at radius 3 is 2.75 bits per heavy atom. The smallest absolute Gasteiger partial charge is 0.100 e. The van der Waals surface area contributed by atoms with Gasteiger partial charge < -0.3 is 5.73 Å². The van der Waals surface area contributed by atoms with Gasteiger partial charge in [-0.15, -0.1) is 0 Å². The van der Waals surface area contributed by atoms with Crippen LogP contribution in [0.15, 0.2) is 16.6 Å². The monoisotopic (exact) mass is 336 g/mol. The molecule has 0 saturated heterocycles. The maximum atomic E-state index is 8.71. The van der Waals surface area contributed by atoms with Crippen LogP contribution < -0.4 is 5.73 Å². The van der Waals surface area contributed by atoms with E-state index in [1.165, 1.54) is 0 Å². The molecular weight excluding hydrogens is 331 g/mol. The maximum absolute atomic E-state index is 8.71. The predicted molar refractivity (Wildman–Crippen MR) is 59.5 cm³/mol. The van der Waals surface area contributed by atoms with Crippen molar-refractivity contribution in [1.82, 2.24) is 0 Å². The summed E-state index contributed by atoms with van der Waals surface area (Å²) in [6, 6.07) is 5.81. The van der Waals surface area contributed by atoms with Gasteiger partial charge in [0.05, 0.1) is 5.56 Å². The molecule has 0 aliphatic carbocycles. The summed E-state index contributed by atoms with van der Waals surface area (Å²) in [5, 5.41) is 8.71. The molecule has 4 heteroatoms. The molecule has 0 bridgehead atoms. The summed E-state index contributed by atoms with van der Waals surface area (Å²) >= 11 is 5.50. The Labute approximate surface area is 93.0 Å². The van der Waals surface area contributed by atoms with E-state index >= 15 is 0 Å². The Kier molecular flexibility index (Phi) is 3.50. The van der Waals surface area contributed by atoms with Crippen LogP contribution in [0.25, 0.3) is 0 Å². The van der Waals surface area contributed by atoms with E-state index in [1.54, 1.807) is 0 Å². The van der Waals surface area contributed by atoms with Crippen molar-refractivity contribution in [3.05, 3.63) is 31.3 Å². The van der Waals surface area contributed by atoms with Crippen LogP contribution >= 0.6 is 38.5 Å². The van der Waals surface area contributed by atoms with Crippen LogP contribution in [0.4, 0.5) is 0 Å². The molecule has 0 fully saturated rings. The van der Waals surface area contributed by atoms with Gasteiger partial charge in [0, 0.05) is 14.6 Å². The van der Waals surface area contributed by atoms with Gasteiger partial charge in [-0.05, 0) is 56.2 Å². The van der Waals surface area contributed by atoms with Gasteiger partial charge in [0.2, 0.25) is 0 Å². The first kappa shape index (κ1) is 9.96. The number of benzene rings is 1. The van der Waals surface area contributed by atoms with Crippen LogP contribution in [0.3, 0.4) is 0 Å². The Balaban J connectivity index is 3.30. The lowest BCUT2D eigenvalue weighted by atomic mass is 10.1. The van der Waals surface area contributed by atoms with Crippen LogP contribution in [-0.2, 0) is 6.54 Å². The summed E-state index contributed by atoms with van der Waals surface area (Å²) in [4.78, 5) is 0. The molecule has 1 aromatic rings. The number of rotatable bonds is 1. The van der Waals surface area contributed by atoms with Crippen LogP contribution in [0, 0.1) is 14.9 Å². The molecule has 0 unspecified atom stereocenters. The normalized spacial score (nSPS) is 9.50. The SMILES string of the molecule is N#Cc1cc(CN)c(I)cc1Br. The molecule has 0 aromatic heterocycles. The van der Waals surface area contributed by atoms with Gasteiger partial charge in [0.1, 0.15) is 6.07 Å². The number of hydrogen-bond acceptors (Lipinski definition) is 2. The zero-order valence-electron chi connectivity index (χ0n) is 6.14. The molecule has 0 aliphatic rings. The molecule has 0 saturated carbocycles. The number of nitrogens with two attached hydrogens (primary N) is 1. The molecule has 2 N–H and O–H groups in total. The third kappa shape index (κ3) is 1.97. The minimum absolute atomic E-state index is 0.472. The topological polar surface area (TPSA) is 49.8 Å². The number of hydrogen-bond donors (Lipinski definition) is 1. The second-order valence-electron chi connectivity index (χ2n) is 2.24. The highest BCUT2D eigenvalue weighted by atomic mass is 127. The summed E-state index contributed by atoms with van der Waals surface area (Å²) < 4.78 is 1.91. The summed E-state index contributed by atoms with van der Waals surface area (Å²) in [5.74, 6) is 0. The number of halogens is 2. The van der Waals surface area contributed by atoms with Crippen LogP contribution in [0.5, 0.6) is 0 Å². The van der Waals surface area contributed by atoms with Crippen molar-refractivity contribution in [3.8, 4) is 6.07 Å². The Bertz CT molecular complexity index is 344. The van der Waals surface area contributed by atoms with E-state index < -0.39 is 0 Å². The van der Waals surface area contributed by atoms with Crippen molar-refractivity contribution >= 4 is 38.5 Å². The van der Waals surface area contributed by atoms with Gasteiger partial charge in [0.25, 0.3) is 0 Å². The quantitative estimate of drug-likeness (QED) is 0.800.